The molecule has 0 aliphatic carbocycles. The molecular formula is C6H7AlClN. The normalized spacial score (nSPS) is 8.56. The lowest BCUT2D eigenvalue weighted by Gasteiger charge is -1.97. The van der Waals surface area contributed by atoms with Crippen molar-refractivity contribution in [1.29, 1.82) is 0 Å². The van der Waals surface area contributed by atoms with Gasteiger partial charge in [0.25, 0.3) is 0 Å². The Bertz CT molecular complexity index is 166. The molecule has 0 spiro atoms. The van der Waals surface area contributed by atoms with Crippen molar-refractivity contribution in [2.24, 2.45) is 0 Å². The van der Waals surface area contributed by atoms with Gasteiger partial charge in [0.15, 0.2) is 0 Å². The van der Waals surface area contributed by atoms with E-state index in [0.29, 0.717) is 0 Å². The molecule has 1 N–H and O–H groups in total. The van der Waals surface area contributed by atoms with E-state index in [9.17, 15) is 0 Å². The number of hydrogen-bond acceptors (Lipinski definition) is 1. The summed E-state index contributed by atoms with van der Waals surface area (Å²) >= 11 is -0.562. The van der Waals surface area contributed by atoms with Crippen LogP contribution in [-0.2, 0) is 0 Å². The lowest BCUT2D eigenvalue weighted by molar-refractivity contribution is 1.68. The van der Waals surface area contributed by atoms with Gasteiger partial charge in [-0.3, -0.25) is 0 Å². The summed E-state index contributed by atoms with van der Waals surface area (Å²) in [4.78, 5) is 0. The fraction of sp³-hybridized carbons (Fsp3) is 0. The van der Waals surface area contributed by atoms with E-state index in [-0.39, 0.29) is 0 Å². The Kier molecular flexibility index (Phi) is 2.93. The Morgan fingerprint density at radius 1 is 1.22 bits per heavy atom. The van der Waals surface area contributed by atoms with Crippen molar-refractivity contribution < 1.29 is 0 Å². The SMILES string of the molecule is [Cl][AlH][NH]c1ccccc1. The van der Waals surface area contributed by atoms with E-state index in [1.165, 1.54) is 0 Å². The minimum Gasteiger partial charge on any atom is -0.467 e. The molecule has 0 saturated carbocycles. The number of rotatable bonds is 2. The van der Waals surface area contributed by atoms with E-state index < -0.39 is 14.5 Å². The van der Waals surface area contributed by atoms with Crippen LogP contribution in [0, 0.1) is 0 Å². The van der Waals surface area contributed by atoms with Crippen molar-refractivity contribution in [3.8, 4) is 0 Å². The summed E-state index contributed by atoms with van der Waals surface area (Å²) < 4.78 is 3.11. The average Bonchev–Trinajstić information content (AvgIpc) is 1.91. The van der Waals surface area contributed by atoms with Gasteiger partial charge in [0.1, 0.15) is 0 Å². The highest BCUT2D eigenvalue weighted by atomic mass is 35.6. The Morgan fingerprint density at radius 2 is 1.89 bits per heavy atom. The van der Waals surface area contributed by atoms with Gasteiger partial charge in [0.2, 0.25) is 0 Å². The smallest absolute Gasteiger partial charge is 0.467 e. The average molecular weight is 156 g/mol. The monoisotopic (exact) mass is 155 g/mol. The quantitative estimate of drug-likeness (QED) is 0.640. The number of hydrogen-bond donors (Lipinski definition) is 1. The zero-order valence-electron chi connectivity index (χ0n) is 4.97. The zero-order valence-corrected chi connectivity index (χ0v) is 7.14. The standard InChI is InChI=1S/C6H6N.Al.ClH.H/c7-6-4-2-1-3-5-6;;;/h1-5,7H;;1H;/q-1;+2;;/p-1. The molecular weight excluding hydrogens is 149 g/mol. The first-order valence-corrected chi connectivity index (χ1v) is 5.63. The Morgan fingerprint density at radius 3 is 2.44 bits per heavy atom. The maximum atomic E-state index is 5.56. The maximum Gasteiger partial charge on any atom is 0.517 e. The van der Waals surface area contributed by atoms with E-state index >= 15 is 0 Å². The third kappa shape index (κ3) is 2.28. The first-order valence-electron chi connectivity index (χ1n) is 2.78. The minimum absolute atomic E-state index is 0.562. The Balaban J connectivity index is 2.61. The van der Waals surface area contributed by atoms with E-state index in [1.54, 1.807) is 0 Å². The van der Waals surface area contributed by atoms with Gasteiger partial charge in [0, 0.05) is 5.69 Å². The molecule has 0 heterocycles. The summed E-state index contributed by atoms with van der Waals surface area (Å²) in [6.45, 7) is 0. The molecule has 0 aromatic heterocycles. The van der Waals surface area contributed by atoms with Gasteiger partial charge in [-0.15, -0.1) is 0 Å². The van der Waals surface area contributed by atoms with Crippen LogP contribution in [0.5, 0.6) is 0 Å². The molecule has 0 aliphatic heterocycles. The van der Waals surface area contributed by atoms with Gasteiger partial charge in [0.05, 0.1) is 0 Å². The molecule has 1 aromatic carbocycles. The highest BCUT2D eigenvalue weighted by Gasteiger charge is 1.86. The molecule has 0 aliphatic rings. The minimum atomic E-state index is -0.562. The predicted molar refractivity (Wildman–Crippen MR) is 43.1 cm³/mol. The third-order valence-electron chi connectivity index (χ3n) is 1.04. The lowest BCUT2D eigenvalue weighted by atomic mass is 10.3. The van der Waals surface area contributed by atoms with Crippen molar-refractivity contribution >= 4 is 30.3 Å². The topological polar surface area (TPSA) is 12.0 Å². The third-order valence-corrected chi connectivity index (χ3v) is 1.99. The van der Waals surface area contributed by atoms with E-state index in [0.717, 1.165) is 5.69 Å². The maximum absolute atomic E-state index is 5.56. The number of benzene rings is 1. The van der Waals surface area contributed by atoms with Crippen LogP contribution in [-0.4, -0.2) is 14.5 Å². The second kappa shape index (κ2) is 3.79. The van der Waals surface area contributed by atoms with Gasteiger partial charge in [-0.25, -0.2) is 10.0 Å². The summed E-state index contributed by atoms with van der Waals surface area (Å²) in [5.41, 5.74) is 1.12. The van der Waals surface area contributed by atoms with Gasteiger partial charge < -0.3 is 4.30 Å². The summed E-state index contributed by atoms with van der Waals surface area (Å²) in [6, 6.07) is 9.98. The molecule has 0 fully saturated rings. The molecule has 0 radical (unpaired) electrons. The fourth-order valence-corrected chi connectivity index (χ4v) is 1.49. The number of para-hydroxylation sites is 1. The molecule has 1 aromatic rings. The van der Waals surface area contributed by atoms with E-state index in [2.05, 4.69) is 4.30 Å². The molecule has 9 heavy (non-hydrogen) atoms. The van der Waals surface area contributed by atoms with Crippen LogP contribution in [0.15, 0.2) is 30.3 Å². The molecule has 0 atom stereocenters. The summed E-state index contributed by atoms with van der Waals surface area (Å²) in [5.74, 6) is 0. The summed E-state index contributed by atoms with van der Waals surface area (Å²) in [6.07, 6.45) is 0. The molecule has 0 unspecified atom stereocenters. The molecule has 1 rings (SSSR count). The van der Waals surface area contributed by atoms with E-state index in [1.807, 2.05) is 30.3 Å². The second-order valence-corrected chi connectivity index (χ2v) is 3.10. The van der Waals surface area contributed by atoms with Gasteiger partial charge in [-0.05, 0) is 12.1 Å². The van der Waals surface area contributed by atoms with Crippen molar-refractivity contribution in [1.82, 2.24) is 0 Å². The molecule has 3 heteroatoms. The first kappa shape index (κ1) is 6.96. The van der Waals surface area contributed by atoms with Gasteiger partial charge in [-0.1, -0.05) is 18.2 Å². The highest BCUT2D eigenvalue weighted by Crippen LogP contribution is 2.02. The molecule has 0 saturated heterocycles. The van der Waals surface area contributed by atoms with Crippen LogP contribution in [0.1, 0.15) is 0 Å². The molecule has 0 amide bonds. The number of anilines is 1. The number of nitrogens with one attached hydrogen (secondary N) is 1. The lowest BCUT2D eigenvalue weighted by Crippen LogP contribution is -1.96. The van der Waals surface area contributed by atoms with Crippen LogP contribution in [0.3, 0.4) is 0 Å². The van der Waals surface area contributed by atoms with Crippen molar-refractivity contribution in [3.63, 3.8) is 0 Å². The second-order valence-electron chi connectivity index (χ2n) is 1.68. The van der Waals surface area contributed by atoms with Crippen LogP contribution in [0.25, 0.3) is 0 Å². The van der Waals surface area contributed by atoms with Crippen LogP contribution in [0.4, 0.5) is 5.69 Å². The van der Waals surface area contributed by atoms with Crippen LogP contribution >= 0.6 is 10.0 Å². The Hall–Kier alpha value is -0.158. The Labute approximate surface area is 65.2 Å². The first-order chi connectivity index (χ1) is 4.43. The van der Waals surface area contributed by atoms with Crippen LogP contribution < -0.4 is 4.30 Å². The van der Waals surface area contributed by atoms with Crippen molar-refractivity contribution in [2.45, 2.75) is 0 Å². The highest BCUT2D eigenvalue weighted by molar-refractivity contribution is 6.95. The van der Waals surface area contributed by atoms with Crippen molar-refractivity contribution in [2.75, 3.05) is 4.30 Å². The fourth-order valence-electron chi connectivity index (χ4n) is 0.633. The molecule has 1 nitrogen and oxygen atoms in total. The summed E-state index contributed by atoms with van der Waals surface area (Å²) in [5, 5.41) is 0. The van der Waals surface area contributed by atoms with Gasteiger partial charge >= 0.3 is 14.5 Å². The largest absolute Gasteiger partial charge is 0.517 e. The zero-order chi connectivity index (χ0) is 6.53. The van der Waals surface area contributed by atoms with Gasteiger partial charge in [-0.2, -0.15) is 0 Å². The number of halogens is 1. The molecule has 0 bridgehead atoms. The predicted octanol–water partition coefficient (Wildman–Crippen LogP) is 1.60. The molecule has 46 valence electrons. The summed E-state index contributed by atoms with van der Waals surface area (Å²) in [7, 11) is 5.56. The van der Waals surface area contributed by atoms with Crippen LogP contribution in [0.2, 0.25) is 0 Å². The van der Waals surface area contributed by atoms with Crippen molar-refractivity contribution in [3.05, 3.63) is 30.3 Å². The van der Waals surface area contributed by atoms with E-state index in [4.69, 9.17) is 10.0 Å².